The first-order valence-electron chi connectivity index (χ1n) is 7.08. The average molecular weight is 377 g/mol. The summed E-state index contributed by atoms with van der Waals surface area (Å²) in [5.41, 5.74) is -1.59. The minimum atomic E-state index is -4.97. The molecule has 0 bridgehead atoms. The number of nitriles is 1. The molecule has 1 aliphatic heterocycles. The fourth-order valence-electron chi connectivity index (χ4n) is 2.51. The lowest BCUT2D eigenvalue weighted by atomic mass is 10.0. The number of hydrogen-bond donors (Lipinski definition) is 5. The van der Waals surface area contributed by atoms with E-state index in [1.54, 1.807) is 6.07 Å². The molecule has 0 amide bonds. The Balaban J connectivity index is 2.29. The van der Waals surface area contributed by atoms with Crippen molar-refractivity contribution in [2.45, 2.75) is 43.5 Å². The summed E-state index contributed by atoms with van der Waals surface area (Å²) in [7, 11) is -4.97. The lowest BCUT2D eigenvalue weighted by molar-refractivity contribution is -0.0849. The van der Waals surface area contributed by atoms with Gasteiger partial charge in [0.1, 0.15) is 18.3 Å². The maximum atomic E-state index is 11.8. The maximum Gasteiger partial charge on any atom is 0.469 e. The Bertz CT molecular complexity index is 809. The van der Waals surface area contributed by atoms with E-state index in [0.29, 0.717) is 0 Å². The van der Waals surface area contributed by atoms with Crippen LogP contribution in [-0.4, -0.2) is 54.0 Å². The van der Waals surface area contributed by atoms with Crippen LogP contribution >= 0.6 is 7.82 Å². The molecule has 1 aromatic heterocycles. The van der Waals surface area contributed by atoms with Crippen molar-refractivity contribution in [2.75, 3.05) is 0 Å². The zero-order chi connectivity index (χ0) is 18.8. The topological polar surface area (TPSA) is 195 Å². The number of nitrogens with zero attached hydrogens (tertiary/aromatic N) is 2. The molecule has 1 saturated heterocycles. The van der Waals surface area contributed by atoms with Crippen LogP contribution in [0.25, 0.3) is 0 Å². The fourth-order valence-corrected chi connectivity index (χ4v) is 3.09. The predicted molar refractivity (Wildman–Crippen MR) is 79.0 cm³/mol. The molecular weight excluding hydrogens is 361 g/mol. The standard InChI is InChI=1S/C12H16N3O9P/c13-4-1-2-6(24-25(20,21)22)10-8(17)9(18)11(23-10)15-5-3-7(16)14-12(15)19/h3,5-6,8-11,17-18H,1-2H2,(H,14,16,19)(H2,20,21,22)/t6?,8-,9+,10+,11+/m0/s1. The summed E-state index contributed by atoms with van der Waals surface area (Å²) in [5.74, 6) is 0. The molecule has 2 heterocycles. The summed E-state index contributed by atoms with van der Waals surface area (Å²) in [6.45, 7) is 0. The Morgan fingerprint density at radius 3 is 2.64 bits per heavy atom. The van der Waals surface area contributed by atoms with Crippen LogP contribution in [-0.2, 0) is 13.8 Å². The lowest BCUT2D eigenvalue weighted by Gasteiger charge is -2.25. The van der Waals surface area contributed by atoms with Crippen molar-refractivity contribution in [2.24, 2.45) is 0 Å². The van der Waals surface area contributed by atoms with E-state index in [2.05, 4.69) is 4.52 Å². The van der Waals surface area contributed by atoms with Gasteiger partial charge in [-0.1, -0.05) is 0 Å². The van der Waals surface area contributed by atoms with Gasteiger partial charge in [-0.25, -0.2) is 9.36 Å². The molecule has 138 valence electrons. The smallest absolute Gasteiger partial charge is 0.387 e. The lowest BCUT2D eigenvalue weighted by Crippen LogP contribution is -2.40. The van der Waals surface area contributed by atoms with Crippen molar-refractivity contribution in [1.82, 2.24) is 9.55 Å². The van der Waals surface area contributed by atoms with Crippen LogP contribution in [0.4, 0.5) is 0 Å². The molecular formula is C12H16N3O9P. The number of aromatic nitrogens is 2. The summed E-state index contributed by atoms with van der Waals surface area (Å²) in [5, 5.41) is 28.9. The number of hydrogen-bond acceptors (Lipinski definition) is 8. The van der Waals surface area contributed by atoms with Gasteiger partial charge in [0.05, 0.1) is 12.2 Å². The number of phosphoric ester groups is 1. The number of ether oxygens (including phenoxy) is 1. The number of aliphatic hydroxyl groups is 2. The molecule has 1 aromatic rings. The number of H-pyrrole nitrogens is 1. The van der Waals surface area contributed by atoms with Crippen LogP contribution in [0.3, 0.4) is 0 Å². The van der Waals surface area contributed by atoms with Gasteiger partial charge in [-0.05, 0) is 6.42 Å². The zero-order valence-corrected chi connectivity index (χ0v) is 13.5. The summed E-state index contributed by atoms with van der Waals surface area (Å²) in [6, 6.07) is 2.76. The van der Waals surface area contributed by atoms with E-state index < -0.39 is 49.7 Å². The molecule has 1 aliphatic rings. The Morgan fingerprint density at radius 2 is 2.08 bits per heavy atom. The molecule has 12 nitrogen and oxygen atoms in total. The van der Waals surface area contributed by atoms with E-state index in [9.17, 15) is 24.4 Å². The van der Waals surface area contributed by atoms with Crippen LogP contribution in [0, 0.1) is 11.3 Å². The largest absolute Gasteiger partial charge is 0.469 e. The highest BCUT2D eigenvalue weighted by atomic mass is 31.2. The van der Waals surface area contributed by atoms with Crippen molar-refractivity contribution < 1.29 is 33.8 Å². The molecule has 13 heteroatoms. The normalized spacial score (nSPS) is 27.8. The van der Waals surface area contributed by atoms with Crippen molar-refractivity contribution in [1.29, 1.82) is 5.26 Å². The second kappa shape index (κ2) is 7.59. The average Bonchev–Trinajstić information content (AvgIpc) is 2.79. The summed E-state index contributed by atoms with van der Waals surface area (Å²) >= 11 is 0. The van der Waals surface area contributed by atoms with E-state index >= 15 is 0 Å². The van der Waals surface area contributed by atoms with Gasteiger partial charge in [0.25, 0.3) is 5.56 Å². The number of phosphoric acid groups is 1. The molecule has 0 radical (unpaired) electrons. The van der Waals surface area contributed by atoms with E-state index in [-0.39, 0.29) is 12.8 Å². The molecule has 0 spiro atoms. The molecule has 5 N–H and O–H groups in total. The summed E-state index contributed by atoms with van der Waals surface area (Å²) in [6.07, 6.45) is -6.85. The fraction of sp³-hybridized carbons (Fsp3) is 0.583. The van der Waals surface area contributed by atoms with Gasteiger partial charge in [-0.3, -0.25) is 18.9 Å². The first-order valence-corrected chi connectivity index (χ1v) is 8.61. The number of aromatic amines is 1. The molecule has 25 heavy (non-hydrogen) atoms. The van der Waals surface area contributed by atoms with E-state index in [4.69, 9.17) is 19.8 Å². The van der Waals surface area contributed by atoms with Crippen LogP contribution in [0.15, 0.2) is 21.9 Å². The Morgan fingerprint density at radius 1 is 1.40 bits per heavy atom. The zero-order valence-electron chi connectivity index (χ0n) is 12.6. The maximum absolute atomic E-state index is 11.8. The minimum absolute atomic E-state index is 0.156. The highest BCUT2D eigenvalue weighted by Crippen LogP contribution is 2.42. The van der Waals surface area contributed by atoms with Gasteiger partial charge in [-0.2, -0.15) is 5.26 Å². The van der Waals surface area contributed by atoms with Gasteiger partial charge in [0.15, 0.2) is 6.23 Å². The number of rotatable bonds is 6. The highest BCUT2D eigenvalue weighted by Gasteiger charge is 2.49. The quantitative estimate of drug-likeness (QED) is 0.344. The van der Waals surface area contributed by atoms with Crippen molar-refractivity contribution in [3.63, 3.8) is 0 Å². The molecule has 0 aliphatic carbocycles. The van der Waals surface area contributed by atoms with E-state index in [1.807, 2.05) is 4.98 Å². The molecule has 5 atom stereocenters. The molecule has 1 unspecified atom stereocenters. The first-order chi connectivity index (χ1) is 11.6. The van der Waals surface area contributed by atoms with Gasteiger partial charge in [-0.15, -0.1) is 0 Å². The minimum Gasteiger partial charge on any atom is -0.387 e. The number of aliphatic hydroxyl groups excluding tert-OH is 2. The third-order valence-electron chi connectivity index (χ3n) is 3.58. The SMILES string of the molecule is N#CCCC(OP(=O)(O)O)[C@H]1O[C@@H](n2ccc(=O)[nH]c2=O)[C@H](O)[C@@H]1O. The summed E-state index contributed by atoms with van der Waals surface area (Å²) < 4.78 is 21.8. The monoisotopic (exact) mass is 377 g/mol. The van der Waals surface area contributed by atoms with Crippen LogP contribution in [0.5, 0.6) is 0 Å². The Kier molecular flexibility index (Phi) is 5.91. The van der Waals surface area contributed by atoms with Crippen LogP contribution < -0.4 is 11.2 Å². The Hall–Kier alpha value is -1.84. The van der Waals surface area contributed by atoms with Crippen molar-refractivity contribution >= 4 is 7.82 Å². The highest BCUT2D eigenvalue weighted by molar-refractivity contribution is 7.46. The third kappa shape index (κ3) is 4.62. The van der Waals surface area contributed by atoms with Gasteiger partial charge >= 0.3 is 13.5 Å². The second-order valence-electron chi connectivity index (χ2n) is 5.32. The van der Waals surface area contributed by atoms with Gasteiger partial charge in [0.2, 0.25) is 0 Å². The summed E-state index contributed by atoms with van der Waals surface area (Å²) in [4.78, 5) is 42.8. The van der Waals surface area contributed by atoms with Crippen molar-refractivity contribution in [3.8, 4) is 6.07 Å². The first kappa shape index (κ1) is 19.5. The van der Waals surface area contributed by atoms with Crippen LogP contribution in [0.2, 0.25) is 0 Å². The number of nitrogens with one attached hydrogen (secondary N) is 1. The second-order valence-corrected chi connectivity index (χ2v) is 6.51. The Labute approximate surface area is 140 Å². The van der Waals surface area contributed by atoms with Gasteiger partial charge < -0.3 is 24.7 Å². The van der Waals surface area contributed by atoms with Crippen molar-refractivity contribution in [3.05, 3.63) is 33.1 Å². The third-order valence-corrected chi connectivity index (χ3v) is 4.13. The molecule has 1 fully saturated rings. The molecule has 0 saturated carbocycles. The van der Waals surface area contributed by atoms with Crippen LogP contribution in [0.1, 0.15) is 19.1 Å². The predicted octanol–water partition coefficient (Wildman–Crippen LogP) is -2.06. The van der Waals surface area contributed by atoms with E-state index in [1.165, 1.54) is 0 Å². The van der Waals surface area contributed by atoms with E-state index in [0.717, 1.165) is 16.8 Å². The molecule has 2 rings (SSSR count). The molecule has 0 aromatic carbocycles. The van der Waals surface area contributed by atoms with Gasteiger partial charge in [0, 0.05) is 18.7 Å².